The largest absolute Gasteiger partial charge is 0.494 e. The van der Waals surface area contributed by atoms with E-state index in [0.717, 1.165) is 18.2 Å². The van der Waals surface area contributed by atoms with Crippen molar-refractivity contribution in [3.8, 4) is 11.6 Å². The highest BCUT2D eigenvalue weighted by Crippen LogP contribution is 2.30. The van der Waals surface area contributed by atoms with Gasteiger partial charge in [-0.1, -0.05) is 11.6 Å². The second-order valence-corrected chi connectivity index (χ2v) is 5.70. The maximum Gasteiger partial charge on any atom is 0.343 e. The number of aromatic nitrogens is 1. The zero-order valence-electron chi connectivity index (χ0n) is 14.8. The summed E-state index contributed by atoms with van der Waals surface area (Å²) in [4.78, 5) is 47.7. The Kier molecular flexibility index (Phi) is 6.37. The molecular formula is C17H15ClN2O8. The van der Waals surface area contributed by atoms with E-state index in [-0.39, 0.29) is 18.2 Å². The number of pyridine rings is 1. The molecule has 2 aromatic rings. The molecule has 0 atom stereocenters. The third-order valence-corrected chi connectivity index (χ3v) is 3.78. The van der Waals surface area contributed by atoms with Gasteiger partial charge in [0.05, 0.1) is 18.1 Å². The molecule has 1 heterocycles. The van der Waals surface area contributed by atoms with Crippen molar-refractivity contribution in [3.63, 3.8) is 0 Å². The normalized spacial score (nSPS) is 10.4. The van der Waals surface area contributed by atoms with Gasteiger partial charge in [-0.3, -0.25) is 14.9 Å². The van der Waals surface area contributed by atoms with Crippen molar-refractivity contribution in [1.82, 2.24) is 4.57 Å². The molecule has 0 aliphatic heterocycles. The molecule has 0 radical (unpaired) electrons. The van der Waals surface area contributed by atoms with Crippen LogP contribution in [0.15, 0.2) is 29.1 Å². The van der Waals surface area contributed by atoms with E-state index in [1.165, 1.54) is 19.9 Å². The Morgan fingerprint density at radius 3 is 2.25 bits per heavy atom. The number of hydrogen-bond acceptors (Lipinski definition) is 8. The van der Waals surface area contributed by atoms with Crippen molar-refractivity contribution < 1.29 is 29.1 Å². The maximum absolute atomic E-state index is 12.8. The van der Waals surface area contributed by atoms with Crippen LogP contribution in [0.3, 0.4) is 0 Å². The van der Waals surface area contributed by atoms with Crippen molar-refractivity contribution in [1.29, 1.82) is 0 Å². The molecule has 148 valence electrons. The predicted octanol–water partition coefficient (Wildman–Crippen LogP) is 2.46. The first-order valence-corrected chi connectivity index (χ1v) is 8.38. The SMILES string of the molecule is CCOC(=O)c1cc(C(=O)OCC)c(=O)n(-c2ccc(Cl)cc2[N+](=O)[O-])c1O. The average Bonchev–Trinajstić information content (AvgIpc) is 2.63. The van der Waals surface area contributed by atoms with Gasteiger partial charge in [-0.25, -0.2) is 14.2 Å². The molecule has 0 spiro atoms. The van der Waals surface area contributed by atoms with Crippen LogP contribution in [0.1, 0.15) is 34.6 Å². The molecule has 0 fully saturated rings. The Morgan fingerprint density at radius 2 is 1.71 bits per heavy atom. The van der Waals surface area contributed by atoms with E-state index in [1.807, 2.05) is 0 Å². The first-order valence-electron chi connectivity index (χ1n) is 8.00. The van der Waals surface area contributed by atoms with Gasteiger partial charge in [-0.15, -0.1) is 0 Å². The molecule has 1 N–H and O–H groups in total. The van der Waals surface area contributed by atoms with Gasteiger partial charge in [0.1, 0.15) is 16.8 Å². The van der Waals surface area contributed by atoms with Crippen LogP contribution in [0.25, 0.3) is 5.69 Å². The summed E-state index contributed by atoms with van der Waals surface area (Å²) in [6, 6.07) is 4.14. The number of esters is 2. The number of nitrogens with zero attached hydrogens (tertiary/aromatic N) is 2. The summed E-state index contributed by atoms with van der Waals surface area (Å²) in [7, 11) is 0. The summed E-state index contributed by atoms with van der Waals surface area (Å²) >= 11 is 5.77. The zero-order chi connectivity index (χ0) is 21.0. The molecular weight excluding hydrogens is 396 g/mol. The molecule has 2 rings (SSSR count). The molecule has 1 aromatic carbocycles. The average molecular weight is 411 g/mol. The van der Waals surface area contributed by atoms with Crippen LogP contribution in [0.5, 0.6) is 5.88 Å². The summed E-state index contributed by atoms with van der Waals surface area (Å²) in [5.74, 6) is -3.03. The summed E-state index contributed by atoms with van der Waals surface area (Å²) in [6.45, 7) is 2.91. The number of halogens is 1. The Morgan fingerprint density at radius 1 is 1.14 bits per heavy atom. The molecule has 0 saturated carbocycles. The van der Waals surface area contributed by atoms with E-state index >= 15 is 0 Å². The lowest BCUT2D eigenvalue weighted by molar-refractivity contribution is -0.384. The lowest BCUT2D eigenvalue weighted by Crippen LogP contribution is -2.28. The van der Waals surface area contributed by atoms with Crippen molar-refractivity contribution in [2.75, 3.05) is 13.2 Å². The van der Waals surface area contributed by atoms with Gasteiger partial charge >= 0.3 is 11.9 Å². The van der Waals surface area contributed by atoms with Gasteiger partial charge in [0.15, 0.2) is 0 Å². The molecule has 0 aliphatic carbocycles. The van der Waals surface area contributed by atoms with Crippen molar-refractivity contribution in [2.24, 2.45) is 0 Å². The highest BCUT2D eigenvalue weighted by molar-refractivity contribution is 6.30. The number of benzene rings is 1. The molecule has 0 bridgehead atoms. The standard InChI is InChI=1S/C17H15ClN2O8/c1-3-27-16(23)10-8-11(17(24)28-4-2)15(22)19(14(10)21)12-6-5-9(18)7-13(12)20(25)26/h5-8,21H,3-4H2,1-2H3. The van der Waals surface area contributed by atoms with E-state index in [4.69, 9.17) is 21.1 Å². The smallest absolute Gasteiger partial charge is 0.343 e. The van der Waals surface area contributed by atoms with Gasteiger partial charge in [0, 0.05) is 11.1 Å². The molecule has 0 saturated heterocycles. The molecule has 11 heteroatoms. The fourth-order valence-electron chi connectivity index (χ4n) is 2.38. The number of nitro benzene ring substituents is 1. The Hall–Kier alpha value is -3.40. The number of rotatable bonds is 6. The molecule has 1 aromatic heterocycles. The molecule has 0 unspecified atom stereocenters. The second-order valence-electron chi connectivity index (χ2n) is 5.27. The number of carbonyl (C=O) groups excluding carboxylic acids is 2. The number of nitro groups is 1. The monoisotopic (exact) mass is 410 g/mol. The van der Waals surface area contributed by atoms with Crippen molar-refractivity contribution in [2.45, 2.75) is 13.8 Å². The van der Waals surface area contributed by atoms with Crippen molar-refractivity contribution >= 4 is 29.2 Å². The summed E-state index contributed by atoms with van der Waals surface area (Å²) in [5, 5.41) is 21.9. The highest BCUT2D eigenvalue weighted by Gasteiger charge is 2.28. The van der Waals surface area contributed by atoms with E-state index in [9.17, 15) is 29.6 Å². The Labute approximate surface area is 163 Å². The number of carbonyl (C=O) groups is 2. The van der Waals surface area contributed by atoms with Crippen LogP contribution in [0.4, 0.5) is 5.69 Å². The highest BCUT2D eigenvalue weighted by atomic mass is 35.5. The predicted molar refractivity (Wildman–Crippen MR) is 97.3 cm³/mol. The fraction of sp³-hybridized carbons (Fsp3) is 0.235. The lowest BCUT2D eigenvalue weighted by atomic mass is 10.1. The van der Waals surface area contributed by atoms with E-state index in [2.05, 4.69) is 0 Å². The van der Waals surface area contributed by atoms with E-state index in [1.54, 1.807) is 0 Å². The Bertz CT molecular complexity index is 1010. The maximum atomic E-state index is 12.8. The summed E-state index contributed by atoms with van der Waals surface area (Å²) in [6.07, 6.45) is 0. The van der Waals surface area contributed by atoms with Crippen LogP contribution < -0.4 is 5.56 Å². The van der Waals surface area contributed by atoms with Crippen LogP contribution in [-0.2, 0) is 9.47 Å². The van der Waals surface area contributed by atoms with Crippen LogP contribution in [0, 0.1) is 10.1 Å². The quantitative estimate of drug-likeness (QED) is 0.435. The zero-order valence-corrected chi connectivity index (χ0v) is 15.6. The Balaban J connectivity index is 2.91. The minimum absolute atomic E-state index is 0.00940. The van der Waals surface area contributed by atoms with Crippen LogP contribution >= 0.6 is 11.6 Å². The first kappa shape index (κ1) is 20.9. The summed E-state index contributed by atoms with van der Waals surface area (Å²) < 4.78 is 10.1. The van der Waals surface area contributed by atoms with Gasteiger partial charge in [-0.2, -0.15) is 0 Å². The minimum atomic E-state index is -1.12. The topological polar surface area (TPSA) is 138 Å². The fourth-order valence-corrected chi connectivity index (χ4v) is 2.54. The number of aromatic hydroxyl groups is 1. The van der Waals surface area contributed by atoms with Crippen LogP contribution in [-0.4, -0.2) is 39.7 Å². The first-order chi connectivity index (χ1) is 13.2. The lowest BCUT2D eigenvalue weighted by Gasteiger charge is -2.14. The third-order valence-electron chi connectivity index (χ3n) is 3.54. The van der Waals surface area contributed by atoms with E-state index < -0.39 is 50.8 Å². The molecule has 0 aliphatic rings. The van der Waals surface area contributed by atoms with Crippen LogP contribution in [0.2, 0.25) is 5.02 Å². The van der Waals surface area contributed by atoms with Gasteiger partial charge in [-0.05, 0) is 32.0 Å². The van der Waals surface area contributed by atoms with Gasteiger partial charge in [0.25, 0.3) is 11.2 Å². The molecule has 28 heavy (non-hydrogen) atoms. The van der Waals surface area contributed by atoms with Gasteiger partial charge in [0.2, 0.25) is 5.88 Å². The summed E-state index contributed by atoms with van der Waals surface area (Å²) in [5.41, 5.74) is -3.27. The van der Waals surface area contributed by atoms with Gasteiger partial charge < -0.3 is 14.6 Å². The van der Waals surface area contributed by atoms with Crippen molar-refractivity contribution in [3.05, 3.63) is 60.9 Å². The second kappa shape index (κ2) is 8.53. The van der Waals surface area contributed by atoms with E-state index in [0.29, 0.717) is 4.57 Å². The molecule has 0 amide bonds. The number of ether oxygens (including phenoxy) is 2. The third kappa shape index (κ3) is 3.96. The number of hydrogen-bond donors (Lipinski definition) is 1. The minimum Gasteiger partial charge on any atom is -0.494 e. The molecule has 10 nitrogen and oxygen atoms in total.